The Hall–Kier alpha value is -4.08. The fourth-order valence-corrected chi connectivity index (χ4v) is 3.47. The number of nitrogens with one attached hydrogen (secondary N) is 2. The van der Waals surface area contributed by atoms with E-state index in [1.54, 1.807) is 24.3 Å². The van der Waals surface area contributed by atoms with Crippen molar-refractivity contribution in [2.24, 2.45) is 0 Å². The van der Waals surface area contributed by atoms with Gasteiger partial charge in [-0.15, -0.1) is 0 Å². The van der Waals surface area contributed by atoms with Crippen LogP contribution in [-0.4, -0.2) is 31.0 Å². The Morgan fingerprint density at radius 3 is 2.34 bits per heavy atom. The lowest BCUT2D eigenvalue weighted by molar-refractivity contribution is -0.384. The third-order valence-electron chi connectivity index (χ3n) is 4.70. The van der Waals surface area contributed by atoms with E-state index in [1.165, 1.54) is 56.7 Å². The van der Waals surface area contributed by atoms with Crippen LogP contribution < -0.4 is 20.1 Å². The predicted octanol–water partition coefficient (Wildman–Crippen LogP) is 5.33. The standard InChI is InChI=1S/C24H19Cl2N3O6/c1-34-21-8-6-15(25)12-18(21)23(30)28-20(11-14-4-3-5-17(10-14)29(32)33)24(31)27-16-7-9-22(35-2)19(26)13-16/h3-13H,1-2H3,(H,27,31)(H,28,30). The van der Waals surface area contributed by atoms with Crippen LogP contribution in [0.2, 0.25) is 10.0 Å². The number of rotatable bonds is 8. The van der Waals surface area contributed by atoms with Crippen molar-refractivity contribution in [2.75, 3.05) is 19.5 Å². The van der Waals surface area contributed by atoms with Crippen molar-refractivity contribution in [3.8, 4) is 11.5 Å². The maximum absolute atomic E-state index is 13.1. The highest BCUT2D eigenvalue weighted by Gasteiger charge is 2.19. The van der Waals surface area contributed by atoms with E-state index >= 15 is 0 Å². The Bertz CT molecular complexity index is 1330. The number of amides is 2. The summed E-state index contributed by atoms with van der Waals surface area (Å²) in [5.41, 5.74) is 0.369. The first-order valence-electron chi connectivity index (χ1n) is 9.97. The lowest BCUT2D eigenvalue weighted by atomic mass is 10.1. The fourth-order valence-electron chi connectivity index (χ4n) is 3.04. The SMILES string of the molecule is COc1ccc(NC(=O)C(=Cc2cccc([N+](=O)[O-])c2)NC(=O)c2cc(Cl)ccc2OC)cc1Cl. The van der Waals surface area contributed by atoms with Gasteiger partial charge in [-0.2, -0.15) is 0 Å². The van der Waals surface area contributed by atoms with Crippen molar-refractivity contribution < 1.29 is 24.0 Å². The number of carbonyl (C=O) groups excluding carboxylic acids is 2. The molecular weight excluding hydrogens is 497 g/mol. The van der Waals surface area contributed by atoms with Gasteiger partial charge in [-0.25, -0.2) is 0 Å². The third kappa shape index (κ3) is 6.50. The molecule has 0 heterocycles. The number of anilines is 1. The van der Waals surface area contributed by atoms with Crippen molar-refractivity contribution >= 4 is 52.5 Å². The molecule has 0 spiro atoms. The highest BCUT2D eigenvalue weighted by Crippen LogP contribution is 2.28. The molecule has 3 rings (SSSR count). The normalized spacial score (nSPS) is 10.9. The van der Waals surface area contributed by atoms with Gasteiger partial charge in [-0.05, 0) is 48.0 Å². The summed E-state index contributed by atoms with van der Waals surface area (Å²) in [5.74, 6) is -0.724. The first kappa shape index (κ1) is 25.5. The molecule has 0 aliphatic carbocycles. The molecule has 2 N–H and O–H groups in total. The second-order valence-electron chi connectivity index (χ2n) is 7.01. The molecule has 9 nitrogen and oxygen atoms in total. The van der Waals surface area contributed by atoms with E-state index in [9.17, 15) is 19.7 Å². The van der Waals surface area contributed by atoms with Crippen LogP contribution in [0, 0.1) is 10.1 Å². The van der Waals surface area contributed by atoms with Crippen molar-refractivity contribution in [1.29, 1.82) is 0 Å². The summed E-state index contributed by atoms with van der Waals surface area (Å²) >= 11 is 12.2. The van der Waals surface area contributed by atoms with Gasteiger partial charge in [0.15, 0.2) is 0 Å². The zero-order valence-corrected chi connectivity index (χ0v) is 20.0. The molecule has 0 aliphatic rings. The maximum atomic E-state index is 13.1. The second kappa shape index (κ2) is 11.4. The van der Waals surface area contributed by atoms with Crippen molar-refractivity contribution in [1.82, 2.24) is 5.32 Å². The Kier molecular flexibility index (Phi) is 8.30. The van der Waals surface area contributed by atoms with Crippen LogP contribution in [0.25, 0.3) is 6.08 Å². The van der Waals surface area contributed by atoms with Gasteiger partial charge in [0.2, 0.25) is 0 Å². The van der Waals surface area contributed by atoms with Crippen LogP contribution in [0.3, 0.4) is 0 Å². The van der Waals surface area contributed by atoms with Crippen LogP contribution >= 0.6 is 23.2 Å². The van der Waals surface area contributed by atoms with E-state index < -0.39 is 16.7 Å². The molecule has 0 atom stereocenters. The molecule has 0 aliphatic heterocycles. The van der Waals surface area contributed by atoms with Gasteiger partial charge in [0, 0.05) is 22.8 Å². The van der Waals surface area contributed by atoms with Crippen molar-refractivity contribution in [3.05, 3.63) is 97.6 Å². The van der Waals surface area contributed by atoms with Gasteiger partial charge < -0.3 is 20.1 Å². The summed E-state index contributed by atoms with van der Waals surface area (Å²) in [6, 6.07) is 14.7. The Balaban J connectivity index is 1.98. The molecule has 180 valence electrons. The van der Waals surface area contributed by atoms with Crippen molar-refractivity contribution in [2.45, 2.75) is 0 Å². The van der Waals surface area contributed by atoms with Gasteiger partial charge in [0.25, 0.3) is 17.5 Å². The predicted molar refractivity (Wildman–Crippen MR) is 133 cm³/mol. The number of carbonyl (C=O) groups is 2. The van der Waals surface area contributed by atoms with Gasteiger partial charge in [0.1, 0.15) is 17.2 Å². The van der Waals surface area contributed by atoms with Crippen LogP contribution in [-0.2, 0) is 4.79 Å². The largest absolute Gasteiger partial charge is 0.496 e. The molecule has 3 aromatic rings. The van der Waals surface area contributed by atoms with Gasteiger partial charge >= 0.3 is 0 Å². The number of nitro groups is 1. The number of ether oxygens (including phenoxy) is 2. The summed E-state index contributed by atoms with van der Waals surface area (Å²) in [6.07, 6.45) is 1.31. The summed E-state index contributed by atoms with van der Waals surface area (Å²) in [4.78, 5) is 36.7. The lowest BCUT2D eigenvalue weighted by Gasteiger charge is -2.14. The van der Waals surface area contributed by atoms with Gasteiger partial charge in [-0.3, -0.25) is 19.7 Å². The number of non-ortho nitro benzene ring substituents is 1. The molecule has 0 aromatic heterocycles. The zero-order chi connectivity index (χ0) is 25.5. The van der Waals surface area contributed by atoms with Crippen LogP contribution in [0.5, 0.6) is 11.5 Å². The van der Waals surface area contributed by atoms with Gasteiger partial charge in [0.05, 0.1) is 29.7 Å². The molecule has 2 amide bonds. The summed E-state index contributed by atoms with van der Waals surface area (Å²) in [6.45, 7) is 0. The van der Waals surface area contributed by atoms with E-state index in [4.69, 9.17) is 32.7 Å². The minimum Gasteiger partial charge on any atom is -0.496 e. The van der Waals surface area contributed by atoms with E-state index in [-0.39, 0.29) is 32.7 Å². The molecule has 11 heteroatoms. The summed E-state index contributed by atoms with van der Waals surface area (Å²) in [5, 5.41) is 16.9. The van der Waals surface area contributed by atoms with Crippen LogP contribution in [0.1, 0.15) is 15.9 Å². The Morgan fingerprint density at radius 1 is 0.971 bits per heavy atom. The molecule has 0 saturated carbocycles. The van der Waals surface area contributed by atoms with Gasteiger partial charge in [-0.1, -0.05) is 35.3 Å². The average molecular weight is 516 g/mol. The van der Waals surface area contributed by atoms with E-state index in [0.717, 1.165) is 0 Å². The molecule has 0 radical (unpaired) electrons. The van der Waals surface area contributed by atoms with E-state index in [0.29, 0.717) is 17.0 Å². The highest BCUT2D eigenvalue weighted by molar-refractivity contribution is 6.32. The van der Waals surface area contributed by atoms with E-state index in [2.05, 4.69) is 10.6 Å². The summed E-state index contributed by atoms with van der Waals surface area (Å²) in [7, 11) is 2.85. The van der Waals surface area contributed by atoms with Crippen LogP contribution in [0.4, 0.5) is 11.4 Å². The Labute approximate surface area is 210 Å². The van der Waals surface area contributed by atoms with E-state index in [1.807, 2.05) is 0 Å². The smallest absolute Gasteiger partial charge is 0.272 e. The highest BCUT2D eigenvalue weighted by atomic mass is 35.5. The number of hydrogen-bond acceptors (Lipinski definition) is 6. The topological polar surface area (TPSA) is 120 Å². The second-order valence-corrected chi connectivity index (χ2v) is 7.86. The monoisotopic (exact) mass is 515 g/mol. The maximum Gasteiger partial charge on any atom is 0.272 e. The first-order valence-corrected chi connectivity index (χ1v) is 10.7. The third-order valence-corrected chi connectivity index (χ3v) is 5.23. The number of nitro benzene ring substituents is 1. The zero-order valence-electron chi connectivity index (χ0n) is 18.5. The Morgan fingerprint density at radius 2 is 1.69 bits per heavy atom. The molecule has 0 bridgehead atoms. The lowest BCUT2D eigenvalue weighted by Crippen LogP contribution is -2.31. The molecule has 0 fully saturated rings. The first-order chi connectivity index (χ1) is 16.7. The average Bonchev–Trinajstić information content (AvgIpc) is 2.83. The van der Waals surface area contributed by atoms with Crippen molar-refractivity contribution in [3.63, 3.8) is 0 Å². The molecular formula is C24H19Cl2N3O6. The minimum atomic E-state index is -0.702. The fraction of sp³-hybridized carbons (Fsp3) is 0.0833. The van der Waals surface area contributed by atoms with Crippen LogP contribution in [0.15, 0.2) is 66.4 Å². The molecule has 35 heavy (non-hydrogen) atoms. The number of nitrogens with zero attached hydrogens (tertiary/aromatic N) is 1. The number of benzene rings is 3. The molecule has 0 unspecified atom stereocenters. The molecule has 3 aromatic carbocycles. The number of halogens is 2. The minimum absolute atomic E-state index is 0.0882. The number of hydrogen-bond donors (Lipinski definition) is 2. The molecule has 0 saturated heterocycles. The summed E-state index contributed by atoms with van der Waals surface area (Å²) < 4.78 is 10.3. The number of methoxy groups -OCH3 is 2. The quantitative estimate of drug-likeness (QED) is 0.237.